The van der Waals surface area contributed by atoms with Gasteiger partial charge in [0, 0.05) is 36.5 Å². The fourth-order valence-corrected chi connectivity index (χ4v) is 3.56. The molecule has 1 heterocycles. The van der Waals surface area contributed by atoms with Crippen molar-refractivity contribution in [1.82, 2.24) is 0 Å². The van der Waals surface area contributed by atoms with Crippen LogP contribution in [0.25, 0.3) is 0 Å². The SMILES string of the molecule is CCOC1CC(CC(=O)Cc2cc(Cl)cc3c2OCC3)C1. The zero-order chi connectivity index (χ0) is 14.8. The van der Waals surface area contributed by atoms with Gasteiger partial charge in [-0.15, -0.1) is 0 Å². The lowest BCUT2D eigenvalue weighted by Crippen LogP contribution is -2.33. The summed E-state index contributed by atoms with van der Waals surface area (Å²) in [5.74, 6) is 1.64. The molecule has 0 saturated heterocycles. The van der Waals surface area contributed by atoms with Crippen LogP contribution in [-0.2, 0) is 22.4 Å². The third-order valence-electron chi connectivity index (χ3n) is 4.32. The number of halogens is 1. The zero-order valence-electron chi connectivity index (χ0n) is 12.4. The smallest absolute Gasteiger partial charge is 0.137 e. The van der Waals surface area contributed by atoms with Gasteiger partial charge < -0.3 is 9.47 Å². The highest BCUT2D eigenvalue weighted by Gasteiger charge is 2.31. The molecule has 3 rings (SSSR count). The first kappa shape index (κ1) is 14.9. The standard InChI is InChI=1S/C17H21ClO3/c1-2-20-16-6-11(7-16)5-15(19)10-13-9-14(18)8-12-3-4-21-17(12)13/h8-9,11,16H,2-7,10H2,1H3. The zero-order valence-corrected chi connectivity index (χ0v) is 13.1. The lowest BCUT2D eigenvalue weighted by molar-refractivity contribution is -0.121. The number of fused-ring (bicyclic) bond motifs is 1. The Balaban J connectivity index is 1.56. The monoisotopic (exact) mass is 308 g/mol. The summed E-state index contributed by atoms with van der Waals surface area (Å²) in [7, 11) is 0. The summed E-state index contributed by atoms with van der Waals surface area (Å²) in [5, 5.41) is 0.696. The van der Waals surface area contributed by atoms with E-state index in [0.29, 0.717) is 36.5 Å². The molecule has 0 amide bonds. The molecule has 1 aliphatic carbocycles. The minimum atomic E-state index is 0.273. The fraction of sp³-hybridized carbons (Fsp3) is 0.588. The van der Waals surface area contributed by atoms with Crippen LogP contribution in [0, 0.1) is 5.92 Å². The molecule has 3 nitrogen and oxygen atoms in total. The van der Waals surface area contributed by atoms with Crippen molar-refractivity contribution in [3.8, 4) is 5.75 Å². The van der Waals surface area contributed by atoms with Crippen molar-refractivity contribution in [2.75, 3.05) is 13.2 Å². The van der Waals surface area contributed by atoms with Crippen LogP contribution in [-0.4, -0.2) is 25.1 Å². The van der Waals surface area contributed by atoms with Crippen LogP contribution in [0.1, 0.15) is 37.3 Å². The van der Waals surface area contributed by atoms with Gasteiger partial charge in [0.1, 0.15) is 11.5 Å². The summed E-state index contributed by atoms with van der Waals surface area (Å²) in [5.41, 5.74) is 2.08. The summed E-state index contributed by atoms with van der Waals surface area (Å²) in [6.07, 6.45) is 4.36. The highest BCUT2D eigenvalue weighted by atomic mass is 35.5. The minimum Gasteiger partial charge on any atom is -0.493 e. The number of benzene rings is 1. The predicted octanol–water partition coefficient (Wildman–Crippen LogP) is 3.59. The molecule has 0 spiro atoms. The van der Waals surface area contributed by atoms with Crippen LogP contribution < -0.4 is 4.74 Å². The van der Waals surface area contributed by atoms with Gasteiger partial charge in [0.05, 0.1) is 12.7 Å². The molecule has 21 heavy (non-hydrogen) atoms. The number of rotatable bonds is 6. The Morgan fingerprint density at radius 1 is 1.43 bits per heavy atom. The van der Waals surface area contributed by atoms with Crippen molar-refractivity contribution in [2.24, 2.45) is 5.92 Å². The fourth-order valence-electron chi connectivity index (χ4n) is 3.30. The van der Waals surface area contributed by atoms with Crippen LogP contribution in [0.5, 0.6) is 5.75 Å². The molecule has 0 atom stereocenters. The van der Waals surface area contributed by atoms with Crippen LogP contribution >= 0.6 is 11.6 Å². The Labute approximate surface area is 130 Å². The van der Waals surface area contributed by atoms with Crippen molar-refractivity contribution in [1.29, 1.82) is 0 Å². The third-order valence-corrected chi connectivity index (χ3v) is 4.54. The molecule has 4 heteroatoms. The van der Waals surface area contributed by atoms with Gasteiger partial charge in [-0.3, -0.25) is 4.79 Å². The first-order valence-electron chi connectivity index (χ1n) is 7.73. The van der Waals surface area contributed by atoms with E-state index >= 15 is 0 Å². The third kappa shape index (κ3) is 3.41. The number of ether oxygens (including phenoxy) is 2. The molecule has 0 radical (unpaired) electrons. The second kappa shape index (κ2) is 6.37. The number of carbonyl (C=O) groups excluding carboxylic acids is 1. The highest BCUT2D eigenvalue weighted by molar-refractivity contribution is 6.30. The first-order chi connectivity index (χ1) is 10.2. The van der Waals surface area contributed by atoms with Gasteiger partial charge in [-0.1, -0.05) is 11.6 Å². The number of hydrogen-bond donors (Lipinski definition) is 0. The van der Waals surface area contributed by atoms with Gasteiger partial charge in [-0.2, -0.15) is 0 Å². The Morgan fingerprint density at radius 2 is 2.24 bits per heavy atom. The first-order valence-corrected chi connectivity index (χ1v) is 8.11. The van der Waals surface area contributed by atoms with E-state index in [-0.39, 0.29) is 5.78 Å². The summed E-state index contributed by atoms with van der Waals surface area (Å²) >= 11 is 6.13. The molecule has 0 unspecified atom stereocenters. The van der Waals surface area contributed by atoms with E-state index in [0.717, 1.165) is 42.7 Å². The summed E-state index contributed by atoms with van der Waals surface area (Å²) in [6.45, 7) is 3.46. The van der Waals surface area contributed by atoms with Crippen LogP contribution in [0.4, 0.5) is 0 Å². The number of hydrogen-bond acceptors (Lipinski definition) is 3. The summed E-state index contributed by atoms with van der Waals surface area (Å²) in [6, 6.07) is 3.81. The molecule has 0 aromatic heterocycles. The van der Waals surface area contributed by atoms with Crippen molar-refractivity contribution in [2.45, 2.75) is 45.1 Å². The highest BCUT2D eigenvalue weighted by Crippen LogP contribution is 2.35. The average molecular weight is 309 g/mol. The van der Waals surface area contributed by atoms with Gasteiger partial charge in [0.25, 0.3) is 0 Å². The number of ketones is 1. The maximum absolute atomic E-state index is 12.3. The lowest BCUT2D eigenvalue weighted by Gasteiger charge is -2.34. The molecule has 1 aromatic rings. The van der Waals surface area contributed by atoms with Crippen LogP contribution in [0.15, 0.2) is 12.1 Å². The molecule has 0 N–H and O–H groups in total. The lowest BCUT2D eigenvalue weighted by atomic mass is 9.78. The van der Waals surface area contributed by atoms with E-state index in [2.05, 4.69) is 0 Å². The molecule has 1 saturated carbocycles. The Kier molecular flexibility index (Phi) is 4.51. The molecular weight excluding hydrogens is 288 g/mol. The van der Waals surface area contributed by atoms with E-state index in [4.69, 9.17) is 21.1 Å². The van der Waals surface area contributed by atoms with Crippen LogP contribution in [0.2, 0.25) is 5.02 Å². The molecule has 1 fully saturated rings. The second-order valence-electron chi connectivity index (χ2n) is 5.99. The average Bonchev–Trinajstić information content (AvgIpc) is 2.84. The van der Waals surface area contributed by atoms with E-state index in [1.54, 1.807) is 0 Å². The number of carbonyl (C=O) groups is 1. The number of Topliss-reactive ketones (excluding diaryl/α,β-unsaturated/α-hetero) is 1. The topological polar surface area (TPSA) is 35.5 Å². The van der Waals surface area contributed by atoms with E-state index in [1.165, 1.54) is 0 Å². The summed E-state index contributed by atoms with van der Waals surface area (Å²) in [4.78, 5) is 12.3. The van der Waals surface area contributed by atoms with E-state index in [9.17, 15) is 4.79 Å². The maximum Gasteiger partial charge on any atom is 0.137 e. The Hall–Kier alpha value is -1.06. The molecule has 2 aliphatic rings. The van der Waals surface area contributed by atoms with Gasteiger partial charge >= 0.3 is 0 Å². The quantitative estimate of drug-likeness (QED) is 0.805. The molecule has 1 aromatic carbocycles. The minimum absolute atomic E-state index is 0.273. The predicted molar refractivity (Wildman–Crippen MR) is 82.1 cm³/mol. The van der Waals surface area contributed by atoms with Crippen molar-refractivity contribution < 1.29 is 14.3 Å². The van der Waals surface area contributed by atoms with E-state index in [1.807, 2.05) is 19.1 Å². The molecule has 1 aliphatic heterocycles. The van der Waals surface area contributed by atoms with Crippen molar-refractivity contribution in [3.63, 3.8) is 0 Å². The van der Waals surface area contributed by atoms with Crippen LogP contribution in [0.3, 0.4) is 0 Å². The Bertz CT molecular complexity index is 535. The van der Waals surface area contributed by atoms with Gasteiger partial charge in [-0.25, -0.2) is 0 Å². The van der Waals surface area contributed by atoms with Crippen molar-refractivity contribution in [3.05, 3.63) is 28.3 Å². The Morgan fingerprint density at radius 3 is 3.00 bits per heavy atom. The van der Waals surface area contributed by atoms with E-state index < -0.39 is 0 Å². The molecule has 0 bridgehead atoms. The largest absolute Gasteiger partial charge is 0.493 e. The maximum atomic E-state index is 12.3. The molecule has 114 valence electrons. The molecular formula is C17H21ClO3. The second-order valence-corrected chi connectivity index (χ2v) is 6.42. The van der Waals surface area contributed by atoms with Gasteiger partial charge in [0.15, 0.2) is 0 Å². The normalized spacial score (nSPS) is 23.3. The van der Waals surface area contributed by atoms with Gasteiger partial charge in [0.2, 0.25) is 0 Å². The summed E-state index contributed by atoms with van der Waals surface area (Å²) < 4.78 is 11.2. The van der Waals surface area contributed by atoms with Crippen molar-refractivity contribution >= 4 is 17.4 Å². The van der Waals surface area contributed by atoms with Gasteiger partial charge in [-0.05, 0) is 43.4 Å².